The number of nitrogens with two attached hydrogens (primary N) is 1. The Bertz CT molecular complexity index is 165. The van der Waals surface area contributed by atoms with Crippen LogP contribution in [0.15, 0.2) is 0 Å². The largest absolute Gasteiger partial charge is 0.469 e. The molecule has 2 N–H and O–H groups in total. The summed E-state index contributed by atoms with van der Waals surface area (Å²) < 4.78 is 4.65. The molecule has 1 fully saturated rings. The number of carbonyl (C=O) groups excluding carboxylic acids is 1. The average Bonchev–Trinajstić information content (AvgIpc) is 2.28. The fourth-order valence-corrected chi connectivity index (χ4v) is 1.72. The third kappa shape index (κ3) is 1.53. The maximum absolute atomic E-state index is 11.1. The fraction of sp³-hybridized carbons (Fsp3) is 0.875. The van der Waals surface area contributed by atoms with Gasteiger partial charge >= 0.3 is 5.97 Å². The predicted octanol–water partition coefficient (Wildman–Crippen LogP) is 0.677. The van der Waals surface area contributed by atoms with Crippen molar-refractivity contribution in [1.29, 1.82) is 0 Å². The van der Waals surface area contributed by atoms with Crippen molar-refractivity contribution < 1.29 is 9.53 Å². The van der Waals surface area contributed by atoms with Gasteiger partial charge in [0.2, 0.25) is 0 Å². The first-order valence-corrected chi connectivity index (χ1v) is 3.94. The van der Waals surface area contributed by atoms with Gasteiger partial charge in [-0.1, -0.05) is 6.42 Å². The van der Waals surface area contributed by atoms with Crippen LogP contribution >= 0.6 is 0 Å². The lowest BCUT2D eigenvalue weighted by atomic mass is 9.90. The van der Waals surface area contributed by atoms with Gasteiger partial charge in [-0.3, -0.25) is 4.79 Å². The molecule has 3 heteroatoms. The molecule has 1 aliphatic carbocycles. The molecule has 0 saturated heterocycles. The number of carbonyl (C=O) groups is 1. The summed E-state index contributed by atoms with van der Waals surface area (Å²) in [7, 11) is 1.41. The summed E-state index contributed by atoms with van der Waals surface area (Å²) in [5.74, 6) is -0.250. The van der Waals surface area contributed by atoms with Crippen LogP contribution in [0.5, 0.6) is 0 Å². The summed E-state index contributed by atoms with van der Waals surface area (Å²) in [5.41, 5.74) is 5.56. The fourth-order valence-electron chi connectivity index (χ4n) is 1.72. The van der Waals surface area contributed by atoms with Crippen molar-refractivity contribution in [3.8, 4) is 0 Å². The number of ether oxygens (including phenoxy) is 1. The Morgan fingerprint density at radius 1 is 1.73 bits per heavy atom. The summed E-state index contributed by atoms with van der Waals surface area (Å²) in [6, 6.07) is 0. The van der Waals surface area contributed by atoms with Gasteiger partial charge in [0.25, 0.3) is 0 Å². The van der Waals surface area contributed by atoms with E-state index in [1.165, 1.54) is 7.11 Å². The number of hydrogen-bond donors (Lipinski definition) is 1. The molecule has 0 spiro atoms. The van der Waals surface area contributed by atoms with Crippen molar-refractivity contribution in [2.75, 3.05) is 7.11 Å². The van der Waals surface area contributed by atoms with Gasteiger partial charge < -0.3 is 10.5 Å². The van der Waals surface area contributed by atoms with Crippen LogP contribution < -0.4 is 5.73 Å². The van der Waals surface area contributed by atoms with Crippen LogP contribution in [0.25, 0.3) is 0 Å². The van der Waals surface area contributed by atoms with Gasteiger partial charge in [0, 0.05) is 5.54 Å². The molecule has 0 aliphatic heterocycles. The molecule has 1 aliphatic rings. The first-order chi connectivity index (χ1) is 5.08. The topological polar surface area (TPSA) is 52.3 Å². The molecule has 0 amide bonds. The summed E-state index contributed by atoms with van der Waals surface area (Å²) in [5, 5.41) is 0. The predicted molar refractivity (Wildman–Crippen MR) is 41.9 cm³/mol. The molecule has 0 aromatic heterocycles. The molecule has 64 valence electrons. The molecule has 0 bridgehead atoms. The monoisotopic (exact) mass is 157 g/mol. The van der Waals surface area contributed by atoms with Crippen LogP contribution in [-0.4, -0.2) is 18.6 Å². The van der Waals surface area contributed by atoms with E-state index in [4.69, 9.17) is 5.73 Å². The molecule has 0 aromatic rings. The number of methoxy groups -OCH3 is 1. The van der Waals surface area contributed by atoms with E-state index in [0.29, 0.717) is 0 Å². The standard InChI is InChI=1S/C8H15NO2/c1-8(9)5-3-4-6(8)7(10)11-2/h6H,3-5,9H2,1-2H3/t6-,8-/m1/s1. The van der Waals surface area contributed by atoms with Crippen molar-refractivity contribution in [2.45, 2.75) is 31.7 Å². The Hall–Kier alpha value is -0.570. The number of hydrogen-bond acceptors (Lipinski definition) is 3. The van der Waals surface area contributed by atoms with Gasteiger partial charge in [0.1, 0.15) is 0 Å². The van der Waals surface area contributed by atoms with Gasteiger partial charge in [-0.15, -0.1) is 0 Å². The zero-order valence-corrected chi connectivity index (χ0v) is 7.09. The highest BCUT2D eigenvalue weighted by atomic mass is 16.5. The third-order valence-electron chi connectivity index (χ3n) is 2.49. The summed E-state index contributed by atoms with van der Waals surface area (Å²) >= 11 is 0. The van der Waals surface area contributed by atoms with Crippen molar-refractivity contribution >= 4 is 5.97 Å². The van der Waals surface area contributed by atoms with Gasteiger partial charge in [-0.05, 0) is 19.8 Å². The van der Waals surface area contributed by atoms with Gasteiger partial charge in [-0.2, -0.15) is 0 Å². The van der Waals surface area contributed by atoms with E-state index in [2.05, 4.69) is 4.74 Å². The van der Waals surface area contributed by atoms with Gasteiger partial charge in [0.15, 0.2) is 0 Å². The van der Waals surface area contributed by atoms with Crippen LogP contribution in [0.3, 0.4) is 0 Å². The summed E-state index contributed by atoms with van der Waals surface area (Å²) in [4.78, 5) is 11.1. The van der Waals surface area contributed by atoms with E-state index in [0.717, 1.165) is 19.3 Å². The number of esters is 1. The first kappa shape index (κ1) is 8.53. The highest BCUT2D eigenvalue weighted by Crippen LogP contribution is 2.33. The third-order valence-corrected chi connectivity index (χ3v) is 2.49. The second kappa shape index (κ2) is 2.81. The van der Waals surface area contributed by atoms with Crippen LogP contribution in [-0.2, 0) is 9.53 Å². The van der Waals surface area contributed by atoms with Gasteiger partial charge in [0.05, 0.1) is 13.0 Å². The molecule has 0 heterocycles. The Kier molecular flexibility index (Phi) is 2.18. The van der Waals surface area contributed by atoms with Crippen molar-refractivity contribution in [3.63, 3.8) is 0 Å². The van der Waals surface area contributed by atoms with Crippen molar-refractivity contribution in [1.82, 2.24) is 0 Å². The normalized spacial score (nSPS) is 37.2. The molecule has 0 radical (unpaired) electrons. The van der Waals surface area contributed by atoms with E-state index in [1.54, 1.807) is 0 Å². The van der Waals surface area contributed by atoms with E-state index >= 15 is 0 Å². The first-order valence-electron chi connectivity index (χ1n) is 3.94. The minimum Gasteiger partial charge on any atom is -0.469 e. The molecule has 1 saturated carbocycles. The van der Waals surface area contributed by atoms with E-state index < -0.39 is 0 Å². The molecular weight excluding hydrogens is 142 g/mol. The quantitative estimate of drug-likeness (QED) is 0.569. The molecule has 0 aromatic carbocycles. The SMILES string of the molecule is COC(=O)[C@H]1CCC[C@@]1(C)N. The lowest BCUT2D eigenvalue weighted by Crippen LogP contribution is -2.43. The maximum atomic E-state index is 11.1. The smallest absolute Gasteiger partial charge is 0.310 e. The summed E-state index contributed by atoms with van der Waals surface area (Å²) in [6.07, 6.45) is 2.83. The molecule has 0 unspecified atom stereocenters. The second-order valence-electron chi connectivity index (χ2n) is 3.47. The van der Waals surface area contributed by atoms with Crippen molar-refractivity contribution in [2.24, 2.45) is 11.7 Å². The van der Waals surface area contributed by atoms with E-state index in [-0.39, 0.29) is 17.4 Å². The van der Waals surface area contributed by atoms with Crippen molar-refractivity contribution in [3.05, 3.63) is 0 Å². The van der Waals surface area contributed by atoms with Crippen LogP contribution in [0.1, 0.15) is 26.2 Å². The van der Waals surface area contributed by atoms with Crippen LogP contribution in [0, 0.1) is 5.92 Å². The number of rotatable bonds is 1. The average molecular weight is 157 g/mol. The van der Waals surface area contributed by atoms with Crippen LogP contribution in [0.4, 0.5) is 0 Å². The Morgan fingerprint density at radius 2 is 2.36 bits per heavy atom. The molecule has 1 rings (SSSR count). The minimum absolute atomic E-state index is 0.0903. The molecule has 11 heavy (non-hydrogen) atoms. The van der Waals surface area contributed by atoms with Crippen LogP contribution in [0.2, 0.25) is 0 Å². The zero-order valence-electron chi connectivity index (χ0n) is 7.09. The zero-order chi connectivity index (χ0) is 8.48. The molecular formula is C8H15NO2. The minimum atomic E-state index is -0.340. The second-order valence-corrected chi connectivity index (χ2v) is 3.47. The molecule has 3 nitrogen and oxygen atoms in total. The molecule has 2 atom stereocenters. The lowest BCUT2D eigenvalue weighted by molar-refractivity contribution is -0.146. The highest BCUT2D eigenvalue weighted by Gasteiger charge is 2.40. The Balaban J connectivity index is 2.64. The van der Waals surface area contributed by atoms with Gasteiger partial charge in [-0.25, -0.2) is 0 Å². The lowest BCUT2D eigenvalue weighted by Gasteiger charge is -2.24. The van der Waals surface area contributed by atoms with E-state index in [1.807, 2.05) is 6.92 Å². The van der Waals surface area contributed by atoms with E-state index in [9.17, 15) is 4.79 Å². The Morgan fingerprint density at radius 3 is 2.73 bits per heavy atom. The maximum Gasteiger partial charge on any atom is 0.310 e. The highest BCUT2D eigenvalue weighted by molar-refractivity contribution is 5.74. The summed E-state index contributed by atoms with van der Waals surface area (Å²) in [6.45, 7) is 1.92. The Labute approximate surface area is 66.9 Å².